The van der Waals surface area contributed by atoms with Crippen molar-refractivity contribution in [2.45, 2.75) is 19.1 Å². The SMILES string of the molecule is CO[C@H]1CNCC1NC(=O)c1ccc(Br)cc1C. The van der Waals surface area contributed by atoms with Crippen LogP contribution in [0.5, 0.6) is 0 Å². The molecule has 18 heavy (non-hydrogen) atoms. The third-order valence-corrected chi connectivity index (χ3v) is 3.70. The summed E-state index contributed by atoms with van der Waals surface area (Å²) in [6.45, 7) is 3.46. The second-order valence-electron chi connectivity index (χ2n) is 4.47. The first-order valence-corrected chi connectivity index (χ1v) is 6.71. The number of amides is 1. The highest BCUT2D eigenvalue weighted by Crippen LogP contribution is 2.16. The van der Waals surface area contributed by atoms with E-state index < -0.39 is 0 Å². The van der Waals surface area contributed by atoms with E-state index in [9.17, 15) is 4.79 Å². The molecule has 4 nitrogen and oxygen atoms in total. The molecule has 98 valence electrons. The summed E-state index contributed by atoms with van der Waals surface area (Å²) >= 11 is 3.39. The van der Waals surface area contributed by atoms with Crippen LogP contribution in [0.4, 0.5) is 0 Å². The highest BCUT2D eigenvalue weighted by Gasteiger charge is 2.28. The zero-order valence-corrected chi connectivity index (χ0v) is 12.1. The largest absolute Gasteiger partial charge is 0.378 e. The maximum Gasteiger partial charge on any atom is 0.251 e. The Morgan fingerprint density at radius 3 is 2.94 bits per heavy atom. The highest BCUT2D eigenvalue weighted by molar-refractivity contribution is 9.10. The van der Waals surface area contributed by atoms with Crippen molar-refractivity contribution in [3.05, 3.63) is 33.8 Å². The van der Waals surface area contributed by atoms with Gasteiger partial charge in [-0.3, -0.25) is 4.79 Å². The molecule has 2 atom stereocenters. The molecule has 1 aromatic rings. The Bertz CT molecular complexity index is 451. The quantitative estimate of drug-likeness (QED) is 0.889. The first-order chi connectivity index (χ1) is 8.61. The van der Waals surface area contributed by atoms with Crippen LogP contribution in [0.15, 0.2) is 22.7 Å². The Morgan fingerprint density at radius 1 is 1.50 bits per heavy atom. The maximum absolute atomic E-state index is 12.2. The highest BCUT2D eigenvalue weighted by atomic mass is 79.9. The summed E-state index contributed by atoms with van der Waals surface area (Å²) in [5.41, 5.74) is 1.67. The molecule has 2 rings (SSSR count). The summed E-state index contributed by atoms with van der Waals surface area (Å²) in [6.07, 6.45) is 0.0460. The first-order valence-electron chi connectivity index (χ1n) is 5.92. The molecule has 0 saturated carbocycles. The number of methoxy groups -OCH3 is 1. The van der Waals surface area contributed by atoms with Crippen molar-refractivity contribution in [2.75, 3.05) is 20.2 Å². The van der Waals surface area contributed by atoms with Crippen molar-refractivity contribution in [1.29, 1.82) is 0 Å². The zero-order valence-electron chi connectivity index (χ0n) is 10.5. The van der Waals surface area contributed by atoms with Crippen LogP contribution >= 0.6 is 15.9 Å². The second-order valence-corrected chi connectivity index (χ2v) is 5.39. The number of benzene rings is 1. The summed E-state index contributed by atoms with van der Waals surface area (Å²) in [6, 6.07) is 5.68. The Morgan fingerprint density at radius 2 is 2.28 bits per heavy atom. The Labute approximate surface area is 115 Å². The van der Waals surface area contributed by atoms with Crippen LogP contribution in [0.2, 0.25) is 0 Å². The lowest BCUT2D eigenvalue weighted by Gasteiger charge is -2.19. The molecular weight excluding hydrogens is 296 g/mol. The number of aryl methyl sites for hydroxylation is 1. The van der Waals surface area contributed by atoms with Gasteiger partial charge < -0.3 is 15.4 Å². The number of nitrogens with one attached hydrogen (secondary N) is 2. The van der Waals surface area contributed by atoms with Gasteiger partial charge in [0.15, 0.2) is 0 Å². The molecule has 0 aromatic heterocycles. The fraction of sp³-hybridized carbons (Fsp3) is 0.462. The Hall–Kier alpha value is -0.910. The standard InChI is InChI=1S/C13H17BrN2O2/c1-8-5-9(14)3-4-10(8)13(17)16-11-6-15-7-12(11)18-2/h3-5,11-12,15H,6-7H2,1-2H3,(H,16,17)/t11?,12-/m0/s1. The van der Waals surface area contributed by atoms with Crippen LogP contribution in [0.25, 0.3) is 0 Å². The lowest BCUT2D eigenvalue weighted by molar-refractivity contribution is 0.0779. The molecule has 1 heterocycles. The smallest absolute Gasteiger partial charge is 0.251 e. The van der Waals surface area contributed by atoms with Crippen molar-refractivity contribution in [3.63, 3.8) is 0 Å². The molecule has 0 radical (unpaired) electrons. The summed E-state index contributed by atoms with van der Waals surface area (Å²) in [7, 11) is 1.67. The lowest BCUT2D eigenvalue weighted by Crippen LogP contribution is -2.43. The van der Waals surface area contributed by atoms with Gasteiger partial charge in [-0.2, -0.15) is 0 Å². The van der Waals surface area contributed by atoms with Gasteiger partial charge in [0.1, 0.15) is 0 Å². The van der Waals surface area contributed by atoms with Crippen molar-refractivity contribution in [1.82, 2.24) is 10.6 Å². The summed E-state index contributed by atoms with van der Waals surface area (Å²) < 4.78 is 6.31. The van der Waals surface area contributed by atoms with Crippen molar-refractivity contribution < 1.29 is 9.53 Å². The second kappa shape index (κ2) is 5.82. The summed E-state index contributed by atoms with van der Waals surface area (Å²) in [5.74, 6) is -0.0456. The van der Waals surface area contributed by atoms with Crippen molar-refractivity contribution in [3.8, 4) is 0 Å². The van der Waals surface area contributed by atoms with Gasteiger partial charge in [-0.25, -0.2) is 0 Å². The molecule has 1 aliphatic rings. The van der Waals surface area contributed by atoms with Crippen LogP contribution < -0.4 is 10.6 Å². The topological polar surface area (TPSA) is 50.4 Å². The van der Waals surface area contributed by atoms with Gasteiger partial charge in [-0.1, -0.05) is 15.9 Å². The minimum absolute atomic E-state index is 0.0329. The predicted molar refractivity (Wildman–Crippen MR) is 73.8 cm³/mol. The average Bonchev–Trinajstić information content (AvgIpc) is 2.76. The van der Waals surface area contributed by atoms with Crippen LogP contribution in [0.1, 0.15) is 15.9 Å². The van der Waals surface area contributed by atoms with Crippen LogP contribution in [-0.4, -0.2) is 38.3 Å². The lowest BCUT2D eigenvalue weighted by atomic mass is 10.1. The van der Waals surface area contributed by atoms with E-state index >= 15 is 0 Å². The summed E-state index contributed by atoms with van der Waals surface area (Å²) in [4.78, 5) is 12.2. The monoisotopic (exact) mass is 312 g/mol. The third-order valence-electron chi connectivity index (χ3n) is 3.21. The van der Waals surface area contributed by atoms with E-state index in [1.807, 2.05) is 25.1 Å². The number of carbonyl (C=O) groups is 1. The van der Waals surface area contributed by atoms with Crippen LogP contribution in [0.3, 0.4) is 0 Å². The fourth-order valence-electron chi connectivity index (χ4n) is 2.17. The summed E-state index contributed by atoms with van der Waals surface area (Å²) in [5, 5.41) is 6.22. The van der Waals surface area contributed by atoms with Crippen molar-refractivity contribution in [2.24, 2.45) is 0 Å². The normalized spacial score (nSPS) is 23.1. The van der Waals surface area contributed by atoms with Gasteiger partial charge in [-0.15, -0.1) is 0 Å². The number of halogens is 1. The maximum atomic E-state index is 12.2. The number of hydrogen-bond acceptors (Lipinski definition) is 3. The van der Waals surface area contributed by atoms with E-state index in [2.05, 4.69) is 26.6 Å². The molecular formula is C13H17BrN2O2. The van der Waals surface area contributed by atoms with Gasteiger partial charge >= 0.3 is 0 Å². The molecule has 0 bridgehead atoms. The number of rotatable bonds is 3. The van der Waals surface area contributed by atoms with E-state index in [1.165, 1.54) is 0 Å². The molecule has 0 spiro atoms. The number of ether oxygens (including phenoxy) is 1. The molecule has 5 heteroatoms. The van der Waals surface area contributed by atoms with Gasteiger partial charge in [0.05, 0.1) is 12.1 Å². The van der Waals surface area contributed by atoms with Gasteiger partial charge in [0.25, 0.3) is 5.91 Å². The number of carbonyl (C=O) groups excluding carboxylic acids is 1. The van der Waals surface area contributed by atoms with E-state index in [-0.39, 0.29) is 18.1 Å². The molecule has 2 N–H and O–H groups in total. The first kappa shape index (κ1) is 13.5. The molecule has 1 amide bonds. The molecule has 1 saturated heterocycles. The van der Waals surface area contributed by atoms with Gasteiger partial charge in [0, 0.05) is 30.2 Å². The minimum atomic E-state index is -0.0456. The molecule has 0 aliphatic carbocycles. The zero-order chi connectivity index (χ0) is 13.1. The fourth-order valence-corrected chi connectivity index (χ4v) is 2.65. The molecule has 1 aromatic carbocycles. The third kappa shape index (κ3) is 2.91. The van der Waals surface area contributed by atoms with Gasteiger partial charge in [0.2, 0.25) is 0 Å². The van der Waals surface area contributed by atoms with Crippen LogP contribution in [-0.2, 0) is 4.74 Å². The van der Waals surface area contributed by atoms with Crippen molar-refractivity contribution >= 4 is 21.8 Å². The average molecular weight is 313 g/mol. The van der Waals surface area contributed by atoms with Crippen LogP contribution in [0, 0.1) is 6.92 Å². The molecule has 1 unspecified atom stereocenters. The number of hydrogen-bond donors (Lipinski definition) is 2. The minimum Gasteiger partial charge on any atom is -0.378 e. The van der Waals surface area contributed by atoms with E-state index in [0.717, 1.165) is 23.1 Å². The molecule has 1 fully saturated rings. The van der Waals surface area contributed by atoms with E-state index in [0.29, 0.717) is 5.56 Å². The Kier molecular flexibility index (Phi) is 4.37. The molecule has 1 aliphatic heterocycles. The van der Waals surface area contributed by atoms with Gasteiger partial charge in [-0.05, 0) is 30.7 Å². The predicted octanol–water partition coefficient (Wildman–Crippen LogP) is 1.47. The van der Waals surface area contributed by atoms with E-state index in [1.54, 1.807) is 7.11 Å². The van der Waals surface area contributed by atoms with E-state index in [4.69, 9.17) is 4.74 Å². The Balaban J connectivity index is 2.07.